The Bertz CT molecular complexity index is 335. The van der Waals surface area contributed by atoms with Gasteiger partial charge in [-0.2, -0.15) is 0 Å². The monoisotopic (exact) mass is 252 g/mol. The van der Waals surface area contributed by atoms with Crippen molar-refractivity contribution in [3.8, 4) is 0 Å². The molecule has 102 valence electrons. The largest absolute Gasteiger partial charge is 0.462 e. The van der Waals surface area contributed by atoms with E-state index in [9.17, 15) is 4.79 Å². The van der Waals surface area contributed by atoms with Crippen LogP contribution in [0.15, 0.2) is 0 Å². The van der Waals surface area contributed by atoms with Gasteiger partial charge in [-0.3, -0.25) is 4.79 Å². The van der Waals surface area contributed by atoms with Crippen LogP contribution in [-0.4, -0.2) is 42.7 Å². The van der Waals surface area contributed by atoms with Crippen molar-refractivity contribution in [2.45, 2.75) is 57.6 Å². The van der Waals surface area contributed by atoms with Gasteiger partial charge in [0.1, 0.15) is 6.10 Å². The molecule has 0 unspecified atom stereocenters. The Morgan fingerprint density at radius 2 is 1.78 bits per heavy atom. The summed E-state index contributed by atoms with van der Waals surface area (Å²) >= 11 is 0. The minimum Gasteiger partial charge on any atom is -0.462 e. The highest BCUT2D eigenvalue weighted by Gasteiger charge is 2.53. The average Bonchev–Trinajstić information content (AvgIpc) is 2.83. The SMILES string of the molecule is CC(=O)O[C@H]1[C@H]2CC[C@@H]1[C@@H]([N+]1(C)CCCC1)CC2. The number of fused-ring (bicyclic) bond motifs is 2. The molecule has 0 aromatic carbocycles. The Kier molecular flexibility index (Phi) is 3.13. The molecule has 0 spiro atoms. The summed E-state index contributed by atoms with van der Waals surface area (Å²) in [5.41, 5.74) is 0. The highest BCUT2D eigenvalue weighted by molar-refractivity contribution is 5.66. The topological polar surface area (TPSA) is 26.3 Å². The fraction of sp³-hybridized carbons (Fsp3) is 0.933. The van der Waals surface area contributed by atoms with Gasteiger partial charge >= 0.3 is 5.97 Å². The quantitative estimate of drug-likeness (QED) is 0.557. The van der Waals surface area contributed by atoms with E-state index in [2.05, 4.69) is 7.05 Å². The lowest BCUT2D eigenvalue weighted by molar-refractivity contribution is -0.927. The zero-order valence-electron chi connectivity index (χ0n) is 11.7. The molecule has 2 saturated carbocycles. The molecule has 18 heavy (non-hydrogen) atoms. The van der Waals surface area contributed by atoms with Gasteiger partial charge < -0.3 is 9.22 Å². The molecule has 3 rings (SSSR count). The van der Waals surface area contributed by atoms with Crippen molar-refractivity contribution in [2.75, 3.05) is 20.1 Å². The van der Waals surface area contributed by atoms with E-state index in [1.54, 1.807) is 6.92 Å². The maximum atomic E-state index is 11.3. The van der Waals surface area contributed by atoms with Crippen LogP contribution in [0.1, 0.15) is 45.4 Å². The molecular formula is C15H26NO2+. The van der Waals surface area contributed by atoms with Gasteiger partial charge in [0.15, 0.2) is 0 Å². The molecule has 0 aromatic rings. The highest BCUT2D eigenvalue weighted by Crippen LogP contribution is 2.48. The van der Waals surface area contributed by atoms with Crippen LogP contribution in [0.4, 0.5) is 0 Å². The van der Waals surface area contributed by atoms with Crippen LogP contribution in [0.25, 0.3) is 0 Å². The Morgan fingerprint density at radius 3 is 2.44 bits per heavy atom. The Labute approximate surface area is 110 Å². The number of nitrogens with zero attached hydrogens (tertiary/aromatic N) is 1. The van der Waals surface area contributed by atoms with Crippen molar-refractivity contribution in [1.29, 1.82) is 0 Å². The molecule has 0 radical (unpaired) electrons. The molecule has 1 aliphatic heterocycles. The standard InChI is InChI=1S/C15H26NO2/c1-11(17)18-15-12-5-7-13(15)14(8-6-12)16(2)9-3-4-10-16/h12-15H,3-10H2,1-2H3/q+1/t12-,13+,14-,15-/m0/s1. The summed E-state index contributed by atoms with van der Waals surface area (Å²) in [6.45, 7) is 4.23. The number of carbonyl (C=O) groups excluding carboxylic acids is 1. The van der Waals surface area contributed by atoms with Crippen molar-refractivity contribution in [1.82, 2.24) is 0 Å². The Balaban J connectivity index is 1.78. The first-order valence-corrected chi connectivity index (χ1v) is 7.61. The zero-order chi connectivity index (χ0) is 12.8. The lowest BCUT2D eigenvalue weighted by Crippen LogP contribution is -2.57. The van der Waals surface area contributed by atoms with E-state index in [1.807, 2.05) is 0 Å². The van der Waals surface area contributed by atoms with Gasteiger partial charge in [0.2, 0.25) is 0 Å². The van der Waals surface area contributed by atoms with Crippen molar-refractivity contribution in [2.24, 2.45) is 11.8 Å². The van der Waals surface area contributed by atoms with Gasteiger partial charge in [-0.05, 0) is 25.2 Å². The number of esters is 1. The Hall–Kier alpha value is -0.570. The van der Waals surface area contributed by atoms with Gasteiger partial charge in [0.25, 0.3) is 0 Å². The second-order valence-electron chi connectivity index (χ2n) is 6.85. The minimum atomic E-state index is -0.0818. The van der Waals surface area contributed by atoms with Crippen molar-refractivity contribution >= 4 is 5.97 Å². The molecule has 4 atom stereocenters. The molecule has 0 N–H and O–H groups in total. The molecule has 1 heterocycles. The summed E-state index contributed by atoms with van der Waals surface area (Å²) in [5.74, 6) is 1.21. The van der Waals surface area contributed by atoms with E-state index in [0.717, 1.165) is 6.04 Å². The molecule has 3 fully saturated rings. The minimum absolute atomic E-state index is 0.0818. The van der Waals surface area contributed by atoms with Crippen molar-refractivity contribution in [3.63, 3.8) is 0 Å². The summed E-state index contributed by atoms with van der Waals surface area (Å²) in [5, 5.41) is 0. The van der Waals surface area contributed by atoms with Gasteiger partial charge in [0, 0.05) is 32.1 Å². The fourth-order valence-electron chi connectivity index (χ4n) is 4.94. The number of quaternary nitrogens is 1. The fourth-order valence-corrected chi connectivity index (χ4v) is 4.94. The lowest BCUT2D eigenvalue weighted by Gasteiger charge is -2.45. The first kappa shape index (κ1) is 12.5. The first-order valence-electron chi connectivity index (χ1n) is 7.61. The second-order valence-corrected chi connectivity index (χ2v) is 6.85. The molecule has 2 bridgehead atoms. The molecule has 1 saturated heterocycles. The number of rotatable bonds is 2. The number of likely N-dealkylation sites (tertiary alicyclic amines) is 1. The number of hydrogen-bond donors (Lipinski definition) is 0. The van der Waals surface area contributed by atoms with Crippen molar-refractivity contribution < 1.29 is 14.0 Å². The summed E-state index contributed by atoms with van der Waals surface area (Å²) in [6.07, 6.45) is 8.16. The predicted octanol–water partition coefficient (Wildman–Crippen LogP) is 2.35. The van der Waals surface area contributed by atoms with Crippen molar-refractivity contribution in [3.05, 3.63) is 0 Å². The predicted molar refractivity (Wildman–Crippen MR) is 69.9 cm³/mol. The smallest absolute Gasteiger partial charge is 0.302 e. The zero-order valence-corrected chi connectivity index (χ0v) is 11.7. The normalized spacial score (nSPS) is 41.9. The molecule has 0 amide bonds. The van der Waals surface area contributed by atoms with E-state index < -0.39 is 0 Å². The van der Waals surface area contributed by atoms with Gasteiger partial charge in [0.05, 0.1) is 26.2 Å². The summed E-state index contributed by atoms with van der Waals surface area (Å²) in [7, 11) is 2.43. The number of carbonyl (C=O) groups is 1. The van der Waals surface area contributed by atoms with Gasteiger partial charge in [-0.25, -0.2) is 0 Å². The summed E-state index contributed by atoms with van der Waals surface area (Å²) < 4.78 is 6.91. The van der Waals surface area contributed by atoms with E-state index in [-0.39, 0.29) is 12.1 Å². The molecule has 3 nitrogen and oxygen atoms in total. The molecular weight excluding hydrogens is 226 g/mol. The number of ether oxygens (including phenoxy) is 1. The van der Waals surface area contributed by atoms with E-state index in [1.165, 1.54) is 56.1 Å². The average molecular weight is 252 g/mol. The summed E-state index contributed by atoms with van der Waals surface area (Å²) in [6, 6.07) is 0.746. The van der Waals surface area contributed by atoms with Crippen LogP contribution in [0, 0.1) is 11.8 Å². The highest BCUT2D eigenvalue weighted by atomic mass is 16.5. The third kappa shape index (κ3) is 1.97. The molecule has 3 aliphatic rings. The first-order chi connectivity index (χ1) is 8.60. The molecule has 0 aromatic heterocycles. The third-order valence-corrected chi connectivity index (χ3v) is 5.78. The van der Waals surface area contributed by atoms with Crippen LogP contribution in [0.5, 0.6) is 0 Å². The maximum Gasteiger partial charge on any atom is 0.302 e. The van der Waals surface area contributed by atoms with Gasteiger partial charge in [-0.1, -0.05) is 0 Å². The van der Waals surface area contributed by atoms with Crippen LogP contribution in [0.2, 0.25) is 0 Å². The van der Waals surface area contributed by atoms with Gasteiger partial charge in [-0.15, -0.1) is 0 Å². The van der Waals surface area contributed by atoms with Crippen LogP contribution in [0.3, 0.4) is 0 Å². The van der Waals surface area contributed by atoms with Crippen LogP contribution >= 0.6 is 0 Å². The van der Waals surface area contributed by atoms with E-state index in [4.69, 9.17) is 4.74 Å². The third-order valence-electron chi connectivity index (χ3n) is 5.78. The number of hydrogen-bond acceptors (Lipinski definition) is 2. The second kappa shape index (κ2) is 4.52. The van der Waals surface area contributed by atoms with E-state index in [0.29, 0.717) is 11.8 Å². The van der Waals surface area contributed by atoms with Crippen LogP contribution < -0.4 is 0 Å². The summed E-state index contributed by atoms with van der Waals surface area (Å²) in [4.78, 5) is 11.3. The Morgan fingerprint density at radius 1 is 1.11 bits per heavy atom. The lowest BCUT2D eigenvalue weighted by atomic mass is 9.80. The molecule has 2 aliphatic carbocycles. The van der Waals surface area contributed by atoms with E-state index >= 15 is 0 Å². The maximum absolute atomic E-state index is 11.3. The van der Waals surface area contributed by atoms with Crippen LogP contribution in [-0.2, 0) is 9.53 Å². The molecule has 3 heteroatoms.